The van der Waals surface area contributed by atoms with E-state index in [2.05, 4.69) is 20.4 Å². The second-order valence-electron chi connectivity index (χ2n) is 8.03. The van der Waals surface area contributed by atoms with Crippen molar-refractivity contribution in [1.82, 2.24) is 24.3 Å². The zero-order valence-electron chi connectivity index (χ0n) is 18.5. The Morgan fingerprint density at radius 1 is 0.848 bits per heavy atom. The van der Waals surface area contributed by atoms with Gasteiger partial charge in [0.15, 0.2) is 5.43 Å². The van der Waals surface area contributed by atoms with Gasteiger partial charge in [-0.05, 0) is 51.1 Å². The number of fused-ring (bicyclic) bond motifs is 2. The molecule has 0 spiro atoms. The zero-order valence-corrected chi connectivity index (χ0v) is 18.5. The van der Waals surface area contributed by atoms with Gasteiger partial charge < -0.3 is 9.88 Å². The van der Waals surface area contributed by atoms with E-state index in [-0.39, 0.29) is 17.9 Å². The number of nitrogens with one attached hydrogen (secondary N) is 1. The Morgan fingerprint density at radius 3 is 2.03 bits per heavy atom. The number of aromatic nitrogens is 5. The van der Waals surface area contributed by atoms with E-state index in [9.17, 15) is 9.59 Å². The molecule has 164 valence electrons. The Kier molecular flexibility index (Phi) is 4.97. The highest BCUT2D eigenvalue weighted by Gasteiger charge is 2.16. The fraction of sp³-hybridized carbons (Fsp3) is 0.160. The second kappa shape index (κ2) is 7.98. The zero-order chi connectivity index (χ0) is 23.1. The molecule has 8 nitrogen and oxygen atoms in total. The topological polar surface area (TPSA) is 94.7 Å². The lowest BCUT2D eigenvalue weighted by Crippen LogP contribution is -2.23. The van der Waals surface area contributed by atoms with Gasteiger partial charge in [0.05, 0.1) is 16.7 Å². The number of carbonyl (C=O) groups is 1. The number of nitrogens with zero attached hydrogens (tertiary/aromatic N) is 5. The molecule has 0 atom stereocenters. The number of amides is 1. The first-order valence-electron chi connectivity index (χ1n) is 10.6. The molecule has 1 N–H and O–H groups in total. The Labute approximate surface area is 189 Å². The monoisotopic (exact) mass is 438 g/mol. The van der Waals surface area contributed by atoms with Crippen molar-refractivity contribution in [1.29, 1.82) is 0 Å². The summed E-state index contributed by atoms with van der Waals surface area (Å²) in [6, 6.07) is 18.3. The fourth-order valence-corrected chi connectivity index (χ4v) is 4.12. The SMILES string of the molecule is Cc1cc(C)nc(-n2nc(C)cc2NC(=O)Cn2c3ccccc3c(=O)c3ccccc32)n1. The first-order valence-corrected chi connectivity index (χ1v) is 10.6. The van der Waals surface area contributed by atoms with E-state index in [0.717, 1.165) is 17.1 Å². The lowest BCUT2D eigenvalue weighted by molar-refractivity contribution is -0.116. The van der Waals surface area contributed by atoms with Gasteiger partial charge in [-0.1, -0.05) is 24.3 Å². The quantitative estimate of drug-likeness (QED) is 0.432. The Bertz CT molecular complexity index is 1520. The predicted octanol–water partition coefficient (Wildman–Crippen LogP) is 3.69. The van der Waals surface area contributed by atoms with Crippen LogP contribution in [0, 0.1) is 20.8 Å². The Morgan fingerprint density at radius 2 is 1.42 bits per heavy atom. The molecule has 0 radical (unpaired) electrons. The average Bonchev–Trinajstić information content (AvgIpc) is 3.16. The molecule has 0 fully saturated rings. The smallest absolute Gasteiger partial charge is 0.252 e. The fourth-order valence-electron chi connectivity index (χ4n) is 4.12. The normalized spacial score (nSPS) is 11.2. The van der Waals surface area contributed by atoms with Crippen LogP contribution in [0.5, 0.6) is 0 Å². The Balaban J connectivity index is 1.55. The minimum Gasteiger partial charge on any atom is -0.331 e. The summed E-state index contributed by atoms with van der Waals surface area (Å²) < 4.78 is 3.40. The Hall–Kier alpha value is -4.33. The van der Waals surface area contributed by atoms with Gasteiger partial charge in [-0.15, -0.1) is 0 Å². The number of carbonyl (C=O) groups excluding carboxylic acids is 1. The number of anilines is 1. The molecule has 5 aromatic rings. The van der Waals surface area contributed by atoms with Crippen molar-refractivity contribution in [3.63, 3.8) is 0 Å². The first kappa shape index (κ1) is 20.6. The summed E-state index contributed by atoms with van der Waals surface area (Å²) in [7, 11) is 0. The number of rotatable bonds is 4. The van der Waals surface area contributed by atoms with Crippen molar-refractivity contribution in [2.24, 2.45) is 0 Å². The molecule has 0 aliphatic rings. The van der Waals surface area contributed by atoms with Crippen LogP contribution in [0.15, 0.2) is 65.5 Å². The highest BCUT2D eigenvalue weighted by atomic mass is 16.2. The molecule has 8 heteroatoms. The minimum absolute atomic E-state index is 0.0270. The number of hydrogen-bond donors (Lipinski definition) is 1. The number of benzene rings is 2. The molecule has 0 aliphatic heterocycles. The number of hydrogen-bond acceptors (Lipinski definition) is 5. The third-order valence-electron chi connectivity index (χ3n) is 5.44. The van der Waals surface area contributed by atoms with E-state index in [4.69, 9.17) is 0 Å². The van der Waals surface area contributed by atoms with Crippen LogP contribution in [0.4, 0.5) is 5.82 Å². The number of para-hydroxylation sites is 2. The molecule has 2 aromatic carbocycles. The van der Waals surface area contributed by atoms with Crippen LogP contribution < -0.4 is 10.7 Å². The van der Waals surface area contributed by atoms with E-state index in [0.29, 0.717) is 33.6 Å². The highest BCUT2D eigenvalue weighted by Crippen LogP contribution is 2.20. The molecular weight excluding hydrogens is 416 g/mol. The van der Waals surface area contributed by atoms with E-state index in [1.807, 2.05) is 67.8 Å². The van der Waals surface area contributed by atoms with Gasteiger partial charge in [0, 0.05) is 28.2 Å². The van der Waals surface area contributed by atoms with Crippen LogP contribution in [0.3, 0.4) is 0 Å². The van der Waals surface area contributed by atoms with Gasteiger partial charge in [-0.25, -0.2) is 9.97 Å². The molecule has 0 unspecified atom stereocenters. The third kappa shape index (κ3) is 3.76. The molecule has 3 aromatic heterocycles. The average molecular weight is 438 g/mol. The maximum absolute atomic E-state index is 13.2. The van der Waals surface area contributed by atoms with Crippen LogP contribution in [-0.4, -0.2) is 30.2 Å². The van der Waals surface area contributed by atoms with Crippen LogP contribution in [0.25, 0.3) is 27.8 Å². The summed E-state index contributed by atoms with van der Waals surface area (Å²) in [4.78, 5) is 35.0. The van der Waals surface area contributed by atoms with Gasteiger partial charge in [0.2, 0.25) is 5.91 Å². The maximum atomic E-state index is 13.2. The number of aryl methyl sites for hydroxylation is 3. The number of pyridine rings is 1. The molecular formula is C25H22N6O2. The van der Waals surface area contributed by atoms with Crippen LogP contribution in [-0.2, 0) is 11.3 Å². The van der Waals surface area contributed by atoms with Crippen molar-refractivity contribution in [2.45, 2.75) is 27.3 Å². The minimum atomic E-state index is -0.250. The standard InChI is InChI=1S/C25H22N6O2/c1-15-12-16(2)27-25(26-15)31-22(13-17(3)29-31)28-23(32)14-30-20-10-6-4-8-18(20)24(33)19-9-5-7-11-21(19)30/h4-13H,14H2,1-3H3,(H,28,32). The second-order valence-corrected chi connectivity index (χ2v) is 8.03. The molecule has 1 amide bonds. The van der Waals surface area contributed by atoms with Crippen LogP contribution >= 0.6 is 0 Å². The van der Waals surface area contributed by atoms with E-state index in [1.165, 1.54) is 4.68 Å². The van der Waals surface area contributed by atoms with Crippen molar-refractivity contribution in [3.05, 3.63) is 88.0 Å². The lowest BCUT2D eigenvalue weighted by Gasteiger charge is -2.15. The summed E-state index contributed by atoms with van der Waals surface area (Å²) in [5.74, 6) is 0.631. The molecule has 0 bridgehead atoms. The predicted molar refractivity (Wildman–Crippen MR) is 128 cm³/mol. The lowest BCUT2D eigenvalue weighted by atomic mass is 10.1. The van der Waals surface area contributed by atoms with Crippen molar-refractivity contribution in [2.75, 3.05) is 5.32 Å². The van der Waals surface area contributed by atoms with Crippen LogP contribution in [0.1, 0.15) is 17.1 Å². The van der Waals surface area contributed by atoms with Gasteiger partial charge >= 0.3 is 0 Å². The van der Waals surface area contributed by atoms with Crippen molar-refractivity contribution in [3.8, 4) is 5.95 Å². The summed E-state index contributed by atoms with van der Waals surface area (Å²) >= 11 is 0. The molecule has 3 heterocycles. The summed E-state index contributed by atoms with van der Waals surface area (Å²) in [6.45, 7) is 5.65. The van der Waals surface area contributed by atoms with Gasteiger partial charge in [-0.3, -0.25) is 9.59 Å². The van der Waals surface area contributed by atoms with Gasteiger partial charge in [0.25, 0.3) is 5.95 Å². The molecule has 0 aliphatic carbocycles. The summed E-state index contributed by atoms with van der Waals surface area (Å²) in [5.41, 5.74) is 3.73. The molecule has 33 heavy (non-hydrogen) atoms. The van der Waals surface area contributed by atoms with E-state index in [1.54, 1.807) is 18.2 Å². The van der Waals surface area contributed by atoms with Crippen molar-refractivity contribution < 1.29 is 4.79 Å². The summed E-state index contributed by atoms with van der Waals surface area (Å²) in [6.07, 6.45) is 0. The van der Waals surface area contributed by atoms with Gasteiger partial charge in [-0.2, -0.15) is 9.78 Å². The summed E-state index contributed by atoms with van der Waals surface area (Å²) in [5, 5.41) is 8.56. The third-order valence-corrected chi connectivity index (χ3v) is 5.44. The highest BCUT2D eigenvalue weighted by molar-refractivity contribution is 5.97. The van der Waals surface area contributed by atoms with E-state index < -0.39 is 0 Å². The molecule has 0 saturated carbocycles. The molecule has 5 rings (SSSR count). The van der Waals surface area contributed by atoms with Crippen LogP contribution in [0.2, 0.25) is 0 Å². The van der Waals surface area contributed by atoms with E-state index >= 15 is 0 Å². The first-order chi connectivity index (χ1) is 15.9. The molecule has 0 saturated heterocycles. The van der Waals surface area contributed by atoms with Gasteiger partial charge in [0.1, 0.15) is 12.4 Å². The largest absolute Gasteiger partial charge is 0.331 e. The van der Waals surface area contributed by atoms with Crippen molar-refractivity contribution >= 4 is 33.5 Å². The maximum Gasteiger partial charge on any atom is 0.252 e.